The van der Waals surface area contributed by atoms with Crippen LogP contribution in [0.5, 0.6) is 0 Å². The van der Waals surface area contributed by atoms with E-state index in [0.717, 1.165) is 37.0 Å². The molecule has 4 nitrogen and oxygen atoms in total. The van der Waals surface area contributed by atoms with Crippen molar-refractivity contribution in [2.45, 2.75) is 51.0 Å². The summed E-state index contributed by atoms with van der Waals surface area (Å²) < 4.78 is 10.6. The molecule has 0 spiro atoms. The van der Waals surface area contributed by atoms with Gasteiger partial charge in [0.05, 0.1) is 5.57 Å². The van der Waals surface area contributed by atoms with Crippen molar-refractivity contribution < 1.29 is 19.1 Å². The van der Waals surface area contributed by atoms with E-state index in [9.17, 15) is 9.59 Å². The predicted molar refractivity (Wildman–Crippen MR) is 72.8 cm³/mol. The normalized spacial score (nSPS) is 37.5. The molecule has 0 heterocycles. The zero-order chi connectivity index (χ0) is 14.3. The fourth-order valence-corrected chi connectivity index (χ4v) is 4.67. The molecule has 4 fully saturated rings. The molecule has 0 aromatic rings. The highest BCUT2D eigenvalue weighted by molar-refractivity contribution is 5.88. The number of esters is 2. The van der Waals surface area contributed by atoms with Crippen LogP contribution < -0.4 is 0 Å². The Morgan fingerprint density at radius 2 is 1.60 bits per heavy atom. The van der Waals surface area contributed by atoms with Gasteiger partial charge in [0, 0.05) is 6.92 Å². The molecule has 0 unspecified atom stereocenters. The van der Waals surface area contributed by atoms with E-state index in [2.05, 4.69) is 6.58 Å². The summed E-state index contributed by atoms with van der Waals surface area (Å²) in [6, 6.07) is 0. The minimum Gasteiger partial charge on any atom is -0.461 e. The molecule has 0 radical (unpaired) electrons. The Labute approximate surface area is 119 Å². The smallest absolute Gasteiger partial charge is 0.337 e. The molecule has 110 valence electrons. The lowest BCUT2D eigenvalue weighted by Crippen LogP contribution is -2.52. The predicted octanol–water partition coefficient (Wildman–Crippen LogP) is 2.62. The van der Waals surface area contributed by atoms with E-state index >= 15 is 0 Å². The van der Waals surface area contributed by atoms with Crippen molar-refractivity contribution in [1.29, 1.82) is 0 Å². The lowest BCUT2D eigenvalue weighted by atomic mass is 9.54. The average Bonchev–Trinajstić information content (AvgIpc) is 2.33. The minimum atomic E-state index is -0.409. The van der Waals surface area contributed by atoms with Gasteiger partial charge in [-0.15, -0.1) is 0 Å². The molecule has 4 aliphatic carbocycles. The molecular weight excluding hydrogens is 256 g/mol. The van der Waals surface area contributed by atoms with Crippen LogP contribution in [0.25, 0.3) is 0 Å². The van der Waals surface area contributed by atoms with Crippen LogP contribution in [0.2, 0.25) is 0 Å². The molecule has 0 aromatic heterocycles. The maximum absolute atomic E-state index is 12.1. The first-order valence-corrected chi connectivity index (χ1v) is 7.50. The minimum absolute atomic E-state index is 0.0689. The summed E-state index contributed by atoms with van der Waals surface area (Å²) in [5.41, 5.74) is -0.0266. The fraction of sp³-hybridized carbons (Fsp3) is 0.750. The Morgan fingerprint density at radius 1 is 1.10 bits per heavy atom. The third-order valence-electron chi connectivity index (χ3n) is 5.03. The van der Waals surface area contributed by atoms with Gasteiger partial charge < -0.3 is 9.47 Å². The van der Waals surface area contributed by atoms with Gasteiger partial charge in [-0.05, 0) is 56.3 Å². The van der Waals surface area contributed by atoms with E-state index in [1.165, 1.54) is 26.2 Å². The molecular formula is C16H22O4. The van der Waals surface area contributed by atoms with Crippen molar-refractivity contribution in [1.82, 2.24) is 0 Å². The van der Waals surface area contributed by atoms with Crippen LogP contribution in [0.4, 0.5) is 0 Å². The first-order chi connectivity index (χ1) is 9.46. The van der Waals surface area contributed by atoms with E-state index in [-0.39, 0.29) is 17.8 Å². The molecule has 4 rings (SSSR count). The average molecular weight is 278 g/mol. The van der Waals surface area contributed by atoms with Gasteiger partial charge in [-0.2, -0.15) is 0 Å². The molecule has 4 saturated carbocycles. The summed E-state index contributed by atoms with van der Waals surface area (Å²) in [5.74, 6) is 1.39. The van der Waals surface area contributed by atoms with Crippen molar-refractivity contribution in [3.8, 4) is 0 Å². The van der Waals surface area contributed by atoms with Crippen LogP contribution in [0.15, 0.2) is 12.2 Å². The second kappa shape index (κ2) is 4.90. The third kappa shape index (κ3) is 2.60. The molecule has 4 bridgehead atoms. The van der Waals surface area contributed by atoms with Crippen LogP contribution in [0, 0.1) is 17.8 Å². The monoisotopic (exact) mass is 278 g/mol. The summed E-state index contributed by atoms with van der Waals surface area (Å²) in [5, 5.41) is 0. The highest BCUT2D eigenvalue weighted by atomic mass is 16.6. The van der Waals surface area contributed by atoms with Gasteiger partial charge in [0.25, 0.3) is 0 Å². The highest BCUT2D eigenvalue weighted by Crippen LogP contribution is 2.57. The molecule has 4 aliphatic rings. The van der Waals surface area contributed by atoms with E-state index < -0.39 is 11.9 Å². The molecule has 0 aromatic carbocycles. The van der Waals surface area contributed by atoms with Crippen LogP contribution in [-0.2, 0) is 19.1 Å². The van der Waals surface area contributed by atoms with Gasteiger partial charge in [0.1, 0.15) is 12.2 Å². The highest BCUT2D eigenvalue weighted by Gasteiger charge is 2.53. The van der Waals surface area contributed by atoms with Crippen LogP contribution in [-0.4, -0.2) is 24.1 Å². The first kappa shape index (κ1) is 13.7. The summed E-state index contributed by atoms with van der Waals surface area (Å²) in [7, 11) is 0. The van der Waals surface area contributed by atoms with Crippen LogP contribution in [0.3, 0.4) is 0 Å². The number of ether oxygens (including phenoxy) is 2. The lowest BCUT2D eigenvalue weighted by molar-refractivity contribution is -0.182. The third-order valence-corrected chi connectivity index (χ3v) is 5.03. The van der Waals surface area contributed by atoms with E-state index in [1.54, 1.807) is 0 Å². The molecule has 0 atom stereocenters. The summed E-state index contributed by atoms with van der Waals surface area (Å²) >= 11 is 0. The molecule has 4 heteroatoms. The van der Waals surface area contributed by atoms with Gasteiger partial charge in [-0.1, -0.05) is 6.58 Å². The Kier molecular flexibility index (Phi) is 3.35. The van der Waals surface area contributed by atoms with Crippen molar-refractivity contribution in [2.75, 3.05) is 6.61 Å². The number of hydrogen-bond acceptors (Lipinski definition) is 4. The summed E-state index contributed by atoms with van der Waals surface area (Å²) in [4.78, 5) is 22.9. The van der Waals surface area contributed by atoms with E-state index in [4.69, 9.17) is 9.47 Å². The lowest BCUT2D eigenvalue weighted by Gasteiger charge is -2.55. The van der Waals surface area contributed by atoms with Gasteiger partial charge in [-0.3, -0.25) is 4.79 Å². The largest absolute Gasteiger partial charge is 0.461 e. The number of hydrogen-bond donors (Lipinski definition) is 0. The van der Waals surface area contributed by atoms with Gasteiger partial charge >= 0.3 is 11.9 Å². The van der Waals surface area contributed by atoms with Gasteiger partial charge in [-0.25, -0.2) is 4.79 Å². The Hall–Kier alpha value is -1.32. The molecule has 0 aliphatic heterocycles. The zero-order valence-electron chi connectivity index (χ0n) is 12.0. The van der Waals surface area contributed by atoms with Crippen molar-refractivity contribution in [2.24, 2.45) is 17.8 Å². The maximum atomic E-state index is 12.1. The van der Waals surface area contributed by atoms with Crippen LogP contribution >= 0.6 is 0 Å². The zero-order valence-corrected chi connectivity index (χ0v) is 12.0. The number of carbonyl (C=O) groups excluding carboxylic acids is 2. The number of rotatable bonds is 4. The second-order valence-electron chi connectivity index (χ2n) is 6.87. The molecule has 0 saturated heterocycles. The van der Waals surface area contributed by atoms with Crippen molar-refractivity contribution in [3.05, 3.63) is 12.2 Å². The van der Waals surface area contributed by atoms with E-state index in [0.29, 0.717) is 0 Å². The fourth-order valence-electron chi connectivity index (χ4n) is 4.67. The van der Waals surface area contributed by atoms with Crippen molar-refractivity contribution >= 4 is 11.9 Å². The summed E-state index contributed by atoms with van der Waals surface area (Å²) in [6.07, 6.45) is 6.95. The SMILES string of the molecule is C=C(COC(C)=O)C(=O)OC12CC3CC(CC(C3)C1)C2. The molecule has 0 N–H and O–H groups in total. The molecule has 20 heavy (non-hydrogen) atoms. The van der Waals surface area contributed by atoms with E-state index in [1.807, 2.05) is 0 Å². The van der Waals surface area contributed by atoms with Gasteiger partial charge in [0.2, 0.25) is 0 Å². The second-order valence-corrected chi connectivity index (χ2v) is 6.87. The quantitative estimate of drug-likeness (QED) is 0.586. The van der Waals surface area contributed by atoms with Crippen molar-refractivity contribution in [3.63, 3.8) is 0 Å². The maximum Gasteiger partial charge on any atom is 0.337 e. The Bertz CT molecular complexity index is 416. The summed E-state index contributed by atoms with van der Waals surface area (Å²) in [6.45, 7) is 4.92. The number of carbonyl (C=O) groups is 2. The first-order valence-electron chi connectivity index (χ1n) is 7.50. The van der Waals surface area contributed by atoms with Gasteiger partial charge in [0.15, 0.2) is 0 Å². The topological polar surface area (TPSA) is 52.6 Å². The van der Waals surface area contributed by atoms with Crippen LogP contribution in [0.1, 0.15) is 45.4 Å². The molecule has 0 amide bonds. The Balaban J connectivity index is 1.61. The Morgan fingerprint density at radius 3 is 2.05 bits per heavy atom. The standard InChI is InChI=1S/C16H22O4/c1-10(9-19-11(2)17)15(18)20-16-6-12-3-13(7-16)5-14(4-12)8-16/h12-14H,1,3-9H2,2H3.